The Morgan fingerprint density at radius 1 is 1.57 bits per heavy atom. The van der Waals surface area contributed by atoms with E-state index >= 15 is 0 Å². The number of halogens is 1. The molecule has 14 heavy (non-hydrogen) atoms. The fraction of sp³-hybridized carbons (Fsp3) is 0.300. The highest BCUT2D eigenvalue weighted by atomic mass is 35.5. The molecule has 0 saturated carbocycles. The molecule has 1 unspecified atom stereocenters. The lowest BCUT2D eigenvalue weighted by molar-refractivity contribution is -0.698. The number of aromatic nitrogens is 1. The fourth-order valence-corrected chi connectivity index (χ4v) is 1.79. The lowest BCUT2D eigenvalue weighted by Gasteiger charge is -2.20. The monoisotopic (exact) mass is 211 g/mol. The van der Waals surface area contributed by atoms with Gasteiger partial charge in [-0.15, -0.1) is 0 Å². The highest BCUT2D eigenvalue weighted by Crippen LogP contribution is 2.30. The lowest BCUT2D eigenvalue weighted by Crippen LogP contribution is -2.43. The molecule has 4 heteroatoms. The van der Waals surface area contributed by atoms with Gasteiger partial charge >= 0.3 is 5.82 Å². The second-order valence-corrected chi connectivity index (χ2v) is 3.83. The van der Waals surface area contributed by atoms with Crippen LogP contribution in [0.5, 0.6) is 5.75 Å². The van der Waals surface area contributed by atoms with E-state index in [0.717, 1.165) is 10.7 Å². The zero-order valence-electron chi connectivity index (χ0n) is 8.08. The van der Waals surface area contributed by atoms with Gasteiger partial charge in [-0.3, -0.25) is 0 Å². The third-order valence-corrected chi connectivity index (χ3v) is 3.05. The minimum absolute atomic E-state index is 0.0695. The molecule has 2 heterocycles. The summed E-state index contributed by atoms with van der Waals surface area (Å²) in [6.45, 7) is 3.89. The van der Waals surface area contributed by atoms with Crippen molar-refractivity contribution in [1.29, 1.82) is 0 Å². The molecule has 0 aromatic carbocycles. The van der Waals surface area contributed by atoms with Crippen molar-refractivity contribution in [2.45, 2.75) is 19.9 Å². The Hall–Kier alpha value is -1.22. The van der Waals surface area contributed by atoms with E-state index in [1.165, 1.54) is 0 Å². The molecule has 2 rings (SSSR count). The first-order valence-electron chi connectivity index (χ1n) is 4.47. The summed E-state index contributed by atoms with van der Waals surface area (Å²) >= 11 is 6.11. The first-order valence-corrected chi connectivity index (χ1v) is 4.85. The average molecular weight is 212 g/mol. The molecule has 3 nitrogen and oxygen atoms in total. The second-order valence-electron chi connectivity index (χ2n) is 3.42. The van der Waals surface area contributed by atoms with Gasteiger partial charge in [0.2, 0.25) is 5.75 Å². The topological polar surface area (TPSA) is 36.1 Å². The molecule has 0 radical (unpaired) electrons. The van der Waals surface area contributed by atoms with E-state index in [-0.39, 0.29) is 11.8 Å². The molecule has 0 amide bonds. The summed E-state index contributed by atoms with van der Waals surface area (Å²) in [6, 6.07) is 3.51. The van der Waals surface area contributed by atoms with Crippen LogP contribution in [0.15, 0.2) is 29.1 Å². The summed E-state index contributed by atoms with van der Waals surface area (Å²) in [5, 5.41) is 13.5. The normalized spacial score (nSPS) is 20.4. The van der Waals surface area contributed by atoms with Crippen molar-refractivity contribution >= 4 is 17.4 Å². The third kappa shape index (κ3) is 1.24. The molecule has 74 valence electrons. The van der Waals surface area contributed by atoms with Crippen LogP contribution in [0.25, 0.3) is 0 Å². The number of pyridine rings is 1. The van der Waals surface area contributed by atoms with E-state index in [1.54, 1.807) is 12.1 Å². The first kappa shape index (κ1) is 9.34. The molecule has 2 N–H and O–H groups in total. The van der Waals surface area contributed by atoms with Gasteiger partial charge in [-0.1, -0.05) is 11.6 Å². The van der Waals surface area contributed by atoms with Crippen molar-refractivity contribution in [3.63, 3.8) is 0 Å². The Morgan fingerprint density at radius 3 is 3.00 bits per heavy atom. The Balaban J connectivity index is 2.59. The Bertz CT molecular complexity index is 415. The molecule has 1 aliphatic rings. The lowest BCUT2D eigenvalue weighted by atomic mass is 10.2. The van der Waals surface area contributed by atoms with Crippen molar-refractivity contribution in [3.8, 4) is 5.75 Å². The van der Waals surface area contributed by atoms with Crippen molar-refractivity contribution in [2.75, 3.05) is 5.32 Å². The molecular weight excluding hydrogens is 200 g/mol. The minimum Gasteiger partial charge on any atom is -0.501 e. The molecule has 1 aromatic rings. The number of aromatic hydroxyl groups is 1. The Kier molecular flexibility index (Phi) is 2.11. The SMILES string of the molecule is CC1=C(Cl)C(C)[n+]2cccc(O)c2N1. The van der Waals surface area contributed by atoms with Crippen LogP contribution in [0.1, 0.15) is 19.9 Å². The number of rotatable bonds is 0. The standard InChI is InChI=1S/C10H11ClN2O/c1-6-9(11)7(2)13-5-3-4-8(14)10(13)12-6/h3-5,7,14H,1-2H3/p+1. The largest absolute Gasteiger partial charge is 0.501 e. The van der Waals surface area contributed by atoms with Crippen LogP contribution in [0.4, 0.5) is 5.82 Å². The van der Waals surface area contributed by atoms with Gasteiger partial charge in [0.15, 0.2) is 0 Å². The first-order chi connectivity index (χ1) is 6.61. The molecule has 0 bridgehead atoms. The molecule has 0 saturated heterocycles. The molecule has 0 aliphatic carbocycles. The van der Waals surface area contributed by atoms with Crippen molar-refractivity contribution in [3.05, 3.63) is 29.1 Å². The molecular formula is C10H12ClN2O+. The van der Waals surface area contributed by atoms with Crippen LogP contribution in [0, 0.1) is 0 Å². The van der Waals surface area contributed by atoms with Gasteiger partial charge in [0.05, 0.1) is 6.20 Å². The highest BCUT2D eigenvalue weighted by molar-refractivity contribution is 6.30. The molecule has 0 fully saturated rings. The Morgan fingerprint density at radius 2 is 2.29 bits per heavy atom. The number of hydrogen-bond acceptors (Lipinski definition) is 2. The second kappa shape index (κ2) is 3.17. The van der Waals surface area contributed by atoms with Gasteiger partial charge in [0.1, 0.15) is 16.8 Å². The van der Waals surface area contributed by atoms with Gasteiger partial charge in [-0.2, -0.15) is 0 Å². The maximum Gasteiger partial charge on any atom is 0.322 e. The van der Waals surface area contributed by atoms with E-state index in [2.05, 4.69) is 5.32 Å². The summed E-state index contributed by atoms with van der Waals surface area (Å²) in [7, 11) is 0. The van der Waals surface area contributed by atoms with Gasteiger partial charge in [-0.25, -0.2) is 9.88 Å². The third-order valence-electron chi connectivity index (χ3n) is 2.45. The summed E-state index contributed by atoms with van der Waals surface area (Å²) in [6.07, 6.45) is 1.89. The van der Waals surface area contributed by atoms with E-state index < -0.39 is 0 Å². The van der Waals surface area contributed by atoms with E-state index in [4.69, 9.17) is 11.6 Å². The number of nitrogens with zero attached hydrogens (tertiary/aromatic N) is 1. The van der Waals surface area contributed by atoms with E-state index in [0.29, 0.717) is 5.82 Å². The van der Waals surface area contributed by atoms with Crippen molar-refractivity contribution < 1.29 is 9.67 Å². The predicted molar refractivity (Wildman–Crippen MR) is 55.2 cm³/mol. The van der Waals surface area contributed by atoms with Crippen LogP contribution in [0.2, 0.25) is 0 Å². The van der Waals surface area contributed by atoms with Crippen LogP contribution < -0.4 is 9.88 Å². The van der Waals surface area contributed by atoms with Gasteiger partial charge in [0, 0.05) is 0 Å². The van der Waals surface area contributed by atoms with E-state index in [9.17, 15) is 5.11 Å². The van der Waals surface area contributed by atoms with Crippen molar-refractivity contribution in [2.24, 2.45) is 0 Å². The van der Waals surface area contributed by atoms with Crippen LogP contribution >= 0.6 is 11.6 Å². The molecule has 0 spiro atoms. The zero-order chi connectivity index (χ0) is 10.3. The summed E-state index contributed by atoms with van der Waals surface area (Å²) in [5.41, 5.74) is 0.890. The van der Waals surface area contributed by atoms with Crippen molar-refractivity contribution in [1.82, 2.24) is 0 Å². The maximum atomic E-state index is 9.63. The summed E-state index contributed by atoms with van der Waals surface area (Å²) in [4.78, 5) is 0. The number of allylic oxidation sites excluding steroid dienone is 2. The highest BCUT2D eigenvalue weighted by Gasteiger charge is 2.29. The Labute approximate surface area is 87.6 Å². The van der Waals surface area contributed by atoms with E-state index in [1.807, 2.05) is 24.6 Å². The van der Waals surface area contributed by atoms with Gasteiger partial charge < -0.3 is 5.11 Å². The van der Waals surface area contributed by atoms with Crippen LogP contribution in [0.3, 0.4) is 0 Å². The number of nitrogens with one attached hydrogen (secondary N) is 1. The predicted octanol–water partition coefficient (Wildman–Crippen LogP) is 2.14. The maximum absolute atomic E-state index is 9.63. The number of anilines is 1. The van der Waals surface area contributed by atoms with Crippen LogP contribution in [-0.2, 0) is 0 Å². The zero-order valence-corrected chi connectivity index (χ0v) is 8.84. The average Bonchev–Trinajstić information content (AvgIpc) is 2.17. The number of hydrogen-bond donors (Lipinski definition) is 2. The smallest absolute Gasteiger partial charge is 0.322 e. The quantitative estimate of drug-likeness (QED) is 0.645. The minimum atomic E-state index is 0.0695. The van der Waals surface area contributed by atoms with Gasteiger partial charge in [0.25, 0.3) is 0 Å². The molecule has 1 atom stereocenters. The summed E-state index contributed by atoms with van der Waals surface area (Å²) < 4.78 is 1.91. The molecule has 1 aliphatic heterocycles. The number of fused-ring (bicyclic) bond motifs is 1. The summed E-state index contributed by atoms with van der Waals surface area (Å²) in [5.74, 6) is 0.935. The molecule has 1 aromatic heterocycles. The van der Waals surface area contributed by atoms with Gasteiger partial charge in [-0.05, 0) is 26.0 Å². The van der Waals surface area contributed by atoms with Crippen LogP contribution in [-0.4, -0.2) is 5.11 Å². The fourth-order valence-electron chi connectivity index (χ4n) is 1.64.